The van der Waals surface area contributed by atoms with Gasteiger partial charge in [0.25, 0.3) is 5.56 Å². The zero-order valence-electron chi connectivity index (χ0n) is 35.5. The number of anilines is 2. The van der Waals surface area contributed by atoms with Gasteiger partial charge in [-0.15, -0.1) is 0 Å². The number of ether oxygens (including phenoxy) is 1. The highest BCUT2D eigenvalue weighted by Gasteiger charge is 2.48. The van der Waals surface area contributed by atoms with Gasteiger partial charge in [0.1, 0.15) is 29.4 Å². The zero-order chi connectivity index (χ0) is 45.2. The van der Waals surface area contributed by atoms with Crippen molar-refractivity contribution in [2.24, 2.45) is 12.5 Å². The van der Waals surface area contributed by atoms with Crippen molar-refractivity contribution in [2.45, 2.75) is 82.5 Å². The van der Waals surface area contributed by atoms with E-state index >= 15 is 13.2 Å². The van der Waals surface area contributed by atoms with E-state index in [-0.39, 0.29) is 89.0 Å². The van der Waals surface area contributed by atoms with E-state index in [9.17, 15) is 28.1 Å². The Kier molecular flexibility index (Phi) is 11.1. The lowest BCUT2D eigenvalue weighted by Gasteiger charge is -2.54. The lowest BCUT2D eigenvalue weighted by molar-refractivity contribution is -0.120. The van der Waals surface area contributed by atoms with Crippen LogP contribution in [0, 0.1) is 28.4 Å². The number of aryl methyl sites for hydroxylation is 1. The molecular weight excluding hydrogens is 854 g/mol. The third-order valence-electron chi connectivity index (χ3n) is 13.8. The number of carbonyl (C=O) groups excluding carboxylic acids is 2. The highest BCUT2D eigenvalue weighted by molar-refractivity contribution is 7.90. The lowest BCUT2D eigenvalue weighted by Crippen LogP contribution is -2.54. The first-order chi connectivity index (χ1) is 30.6. The molecule has 0 bridgehead atoms. The van der Waals surface area contributed by atoms with Gasteiger partial charge in [-0.1, -0.05) is 6.92 Å². The molecule has 2 saturated heterocycles. The van der Waals surface area contributed by atoms with Crippen LogP contribution in [0.5, 0.6) is 11.5 Å². The first-order valence-corrected chi connectivity index (χ1v) is 22.8. The number of likely N-dealkylation sites (tertiary alicyclic amines) is 1. The van der Waals surface area contributed by atoms with Crippen molar-refractivity contribution >= 4 is 55.5 Å². The number of halogens is 3. The second-order valence-electron chi connectivity index (χ2n) is 17.5. The van der Waals surface area contributed by atoms with Crippen molar-refractivity contribution in [1.29, 1.82) is 5.26 Å². The third kappa shape index (κ3) is 7.72. The number of imide groups is 1. The molecule has 3 amide bonds. The van der Waals surface area contributed by atoms with E-state index in [2.05, 4.69) is 25.0 Å². The van der Waals surface area contributed by atoms with Gasteiger partial charge < -0.3 is 4.74 Å². The van der Waals surface area contributed by atoms with Gasteiger partial charge in [0.2, 0.25) is 5.91 Å². The summed E-state index contributed by atoms with van der Waals surface area (Å²) in [5.74, 6) is -2.25. The molecule has 1 unspecified atom stereocenters. The van der Waals surface area contributed by atoms with Crippen LogP contribution in [0.2, 0.25) is 0 Å². The highest BCUT2D eigenvalue weighted by atomic mass is 32.2. The molecule has 5 aromatic rings. The molecule has 2 saturated carbocycles. The summed E-state index contributed by atoms with van der Waals surface area (Å²) in [5.41, 5.74) is 0.604. The Labute approximate surface area is 366 Å². The van der Waals surface area contributed by atoms with E-state index in [1.807, 2.05) is 6.07 Å². The summed E-state index contributed by atoms with van der Waals surface area (Å²) in [5, 5.41) is 17.3. The normalized spacial score (nSPS) is 21.9. The van der Waals surface area contributed by atoms with Crippen LogP contribution in [0.4, 0.5) is 29.5 Å². The minimum absolute atomic E-state index is 0.00186. The second kappa shape index (κ2) is 16.5. The summed E-state index contributed by atoms with van der Waals surface area (Å²) in [6, 6.07) is 10.5. The fraction of sp³-hybridized carbons (Fsp3) is 0.455. The van der Waals surface area contributed by atoms with Gasteiger partial charge in [-0.2, -0.15) is 23.1 Å². The number of fused-ring (bicyclic) bond motifs is 2. The van der Waals surface area contributed by atoms with Gasteiger partial charge in [-0.3, -0.25) is 38.7 Å². The molecule has 2 aliphatic heterocycles. The Morgan fingerprint density at radius 1 is 1.03 bits per heavy atom. The Balaban J connectivity index is 0.831. The van der Waals surface area contributed by atoms with E-state index in [0.717, 1.165) is 42.1 Å². The van der Waals surface area contributed by atoms with Gasteiger partial charge in [0, 0.05) is 51.1 Å². The van der Waals surface area contributed by atoms with Crippen molar-refractivity contribution in [3.63, 3.8) is 0 Å². The van der Waals surface area contributed by atoms with Crippen molar-refractivity contribution < 1.29 is 35.9 Å². The molecule has 336 valence electrons. The molecule has 4 heterocycles. The van der Waals surface area contributed by atoms with Gasteiger partial charge in [-0.05, 0) is 117 Å². The number of rotatable bonds is 10. The molecule has 16 nitrogen and oxygen atoms in total. The maximum Gasteiger partial charge on any atom is 0.329 e. The molecule has 20 heteroatoms. The van der Waals surface area contributed by atoms with Crippen LogP contribution in [-0.4, -0.2) is 94.3 Å². The molecule has 2 aromatic heterocycles. The van der Waals surface area contributed by atoms with E-state index in [1.54, 1.807) is 35.4 Å². The van der Waals surface area contributed by atoms with Gasteiger partial charge in [0.15, 0.2) is 17.4 Å². The standard InChI is InChI=1S/C44H47F3N10O6S/c1-4-53(2)64(61,62)52-36-9-7-32(45)40(31(36)23-48)63-27-6-8-35-29(18-27)42(59)57(24-49-35)26-21-44(22-26)12-15-55(16-13-44)37-10-5-25(17-34(37)47)28-20-38-30(19-33(28)46)41(51-54(38)3)56-14-11-39(58)50-43(56)60/h6-9,18-20,24-26,34,37,52H,4-5,10-17,21-22H2,1-3H3,(H,50,58,60)/t25-,34?,37-/m0/s1. The van der Waals surface area contributed by atoms with Crippen molar-refractivity contribution in [3.05, 3.63) is 81.9 Å². The van der Waals surface area contributed by atoms with Crippen LogP contribution in [-0.2, 0) is 22.1 Å². The second-order valence-corrected chi connectivity index (χ2v) is 19.2. The molecule has 1 spiro atoms. The van der Waals surface area contributed by atoms with Crippen LogP contribution in [0.25, 0.3) is 21.8 Å². The summed E-state index contributed by atoms with van der Waals surface area (Å²) < 4.78 is 84.7. The van der Waals surface area contributed by atoms with Crippen LogP contribution in [0.1, 0.15) is 81.4 Å². The molecule has 0 radical (unpaired) electrons. The predicted molar refractivity (Wildman–Crippen MR) is 231 cm³/mol. The molecule has 3 atom stereocenters. The SMILES string of the molecule is CCN(C)S(=O)(=O)Nc1ccc(F)c(Oc2ccc3ncn(C4CC5(CCN([C@H]6CC[C@H](c7cc8c(cc7F)c(N7CCC(=O)NC7=O)nn8C)CC6F)CC5)C4)c(=O)c3c2)c1C#N. The van der Waals surface area contributed by atoms with E-state index in [4.69, 9.17) is 4.74 Å². The number of benzene rings is 3. The van der Waals surface area contributed by atoms with E-state index in [0.29, 0.717) is 47.9 Å². The Bertz CT molecular complexity index is 2920. The maximum atomic E-state index is 16.1. The van der Waals surface area contributed by atoms with Crippen LogP contribution >= 0.6 is 0 Å². The first kappa shape index (κ1) is 43.2. The number of nitrogens with zero attached hydrogens (tertiary/aromatic N) is 8. The number of nitriles is 1. The Hall–Kier alpha value is -6.04. The lowest BCUT2D eigenvalue weighted by atomic mass is 9.60. The van der Waals surface area contributed by atoms with Crippen LogP contribution in [0.15, 0.2) is 53.6 Å². The van der Waals surface area contributed by atoms with Gasteiger partial charge in [0.05, 0.1) is 28.4 Å². The zero-order valence-corrected chi connectivity index (χ0v) is 36.3. The molecular formula is C44H47F3N10O6S. The smallest absolute Gasteiger partial charge is 0.329 e. The van der Waals surface area contributed by atoms with Gasteiger partial charge >= 0.3 is 16.2 Å². The number of piperidine rings is 1. The number of hydrogen-bond acceptors (Lipinski definition) is 10. The van der Waals surface area contributed by atoms with Crippen molar-refractivity contribution in [2.75, 3.05) is 42.8 Å². The largest absolute Gasteiger partial charge is 0.453 e. The number of alkyl halides is 1. The molecule has 9 rings (SSSR count). The minimum atomic E-state index is -4.03. The minimum Gasteiger partial charge on any atom is -0.453 e. The quantitative estimate of drug-likeness (QED) is 0.160. The summed E-state index contributed by atoms with van der Waals surface area (Å²) in [4.78, 5) is 46.2. The molecule has 2 aliphatic carbocycles. The van der Waals surface area contributed by atoms with Gasteiger partial charge in [-0.25, -0.2) is 22.9 Å². The molecule has 4 fully saturated rings. The Morgan fingerprint density at radius 2 is 1.80 bits per heavy atom. The highest BCUT2D eigenvalue weighted by Crippen LogP contribution is 2.55. The molecule has 64 heavy (non-hydrogen) atoms. The van der Waals surface area contributed by atoms with E-state index in [1.165, 1.54) is 36.5 Å². The van der Waals surface area contributed by atoms with Crippen LogP contribution < -0.4 is 25.2 Å². The molecule has 4 aliphatic rings. The van der Waals surface area contributed by atoms with Crippen molar-refractivity contribution in [1.82, 2.24) is 33.9 Å². The average Bonchev–Trinajstić information content (AvgIpc) is 3.57. The summed E-state index contributed by atoms with van der Waals surface area (Å²) in [6.45, 7) is 3.35. The third-order valence-corrected chi connectivity index (χ3v) is 15.3. The van der Waals surface area contributed by atoms with Crippen molar-refractivity contribution in [3.8, 4) is 17.6 Å². The number of aromatic nitrogens is 4. The fourth-order valence-electron chi connectivity index (χ4n) is 10.0. The number of amides is 3. The topological polar surface area (TPSA) is 188 Å². The summed E-state index contributed by atoms with van der Waals surface area (Å²) in [7, 11) is -0.966. The Morgan fingerprint density at radius 3 is 2.50 bits per heavy atom. The number of nitrogens with one attached hydrogen (secondary N) is 2. The van der Waals surface area contributed by atoms with E-state index < -0.39 is 39.8 Å². The maximum absolute atomic E-state index is 16.1. The summed E-state index contributed by atoms with van der Waals surface area (Å²) >= 11 is 0. The first-order valence-electron chi connectivity index (χ1n) is 21.4. The average molecular weight is 901 g/mol. The number of hydrogen-bond donors (Lipinski definition) is 2. The van der Waals surface area contributed by atoms with Crippen LogP contribution in [0.3, 0.4) is 0 Å². The fourth-order valence-corrected chi connectivity index (χ4v) is 11.0. The molecule has 2 N–H and O–H groups in total. The molecule has 3 aromatic carbocycles. The monoisotopic (exact) mass is 900 g/mol. The predicted octanol–water partition coefficient (Wildman–Crippen LogP) is 6.37. The summed E-state index contributed by atoms with van der Waals surface area (Å²) in [6.07, 6.45) is 5.05. The number of urea groups is 1. The number of carbonyl (C=O) groups is 2.